The van der Waals surface area contributed by atoms with Gasteiger partial charge in [-0.1, -0.05) is 17.7 Å². The highest BCUT2D eigenvalue weighted by atomic mass is 35.5. The van der Waals surface area contributed by atoms with Gasteiger partial charge in [-0.2, -0.15) is 4.31 Å². The molecule has 0 saturated heterocycles. The van der Waals surface area contributed by atoms with Crippen LogP contribution in [0.2, 0.25) is 5.02 Å². The van der Waals surface area contributed by atoms with Crippen LogP contribution in [0, 0.1) is 11.6 Å². The van der Waals surface area contributed by atoms with Crippen molar-refractivity contribution in [2.45, 2.75) is 16.3 Å². The van der Waals surface area contributed by atoms with Crippen molar-refractivity contribution in [3.05, 3.63) is 83.1 Å². The van der Waals surface area contributed by atoms with Gasteiger partial charge < -0.3 is 9.84 Å². The summed E-state index contributed by atoms with van der Waals surface area (Å²) in [5.74, 6) is -4.08. The van der Waals surface area contributed by atoms with E-state index in [9.17, 15) is 22.0 Å². The predicted octanol–water partition coefficient (Wildman–Crippen LogP) is 4.46. The van der Waals surface area contributed by atoms with Crippen molar-refractivity contribution in [1.29, 1.82) is 0 Å². The highest BCUT2D eigenvalue weighted by Gasteiger charge is 2.25. The van der Waals surface area contributed by atoms with E-state index in [4.69, 9.17) is 16.7 Å². The molecule has 34 heavy (non-hydrogen) atoms. The normalized spacial score (nSPS) is 11.5. The van der Waals surface area contributed by atoms with Crippen LogP contribution in [0.4, 0.5) is 8.78 Å². The Balaban J connectivity index is 1.75. The molecule has 0 bridgehead atoms. The third-order valence-electron chi connectivity index (χ3n) is 4.44. The number of rotatable bonds is 11. The van der Waals surface area contributed by atoms with Crippen LogP contribution in [0.25, 0.3) is 0 Å². The maximum atomic E-state index is 14.2. The molecule has 0 fully saturated rings. The smallest absolute Gasteiger partial charge is 0.341 e. The number of carboxylic acids is 1. The topological polar surface area (TPSA) is 96.8 Å². The number of nitrogens with zero attached hydrogens (tertiary/aromatic N) is 2. The Bertz CT molecular complexity index is 1220. The molecule has 0 unspecified atom stereocenters. The number of carboxylic acid groups (broad SMARTS) is 1. The van der Waals surface area contributed by atoms with Crippen LogP contribution in [0.5, 0.6) is 5.75 Å². The Hall–Kier alpha value is -2.73. The summed E-state index contributed by atoms with van der Waals surface area (Å²) in [6, 6.07) is 12.9. The minimum Gasteiger partial charge on any atom is -0.479 e. The van der Waals surface area contributed by atoms with Crippen molar-refractivity contribution in [1.82, 2.24) is 9.29 Å². The molecule has 0 amide bonds. The second-order valence-electron chi connectivity index (χ2n) is 6.86. The number of ether oxygens (including phenoxy) is 1. The Morgan fingerprint density at radius 2 is 1.79 bits per heavy atom. The predicted molar refractivity (Wildman–Crippen MR) is 123 cm³/mol. The summed E-state index contributed by atoms with van der Waals surface area (Å²) in [5, 5.41) is 9.00. The number of sulfonamides is 1. The molecule has 0 aliphatic rings. The number of aliphatic carboxylic acids is 1. The fraction of sp³-hybridized carbons (Fsp3) is 0.182. The van der Waals surface area contributed by atoms with E-state index >= 15 is 0 Å². The van der Waals surface area contributed by atoms with E-state index in [-0.39, 0.29) is 28.6 Å². The molecule has 0 spiro atoms. The van der Waals surface area contributed by atoms with E-state index in [1.54, 1.807) is 24.4 Å². The Kier molecular flexibility index (Phi) is 8.84. The Morgan fingerprint density at radius 3 is 2.38 bits per heavy atom. The van der Waals surface area contributed by atoms with Gasteiger partial charge in [0.25, 0.3) is 0 Å². The number of halogens is 3. The highest BCUT2D eigenvalue weighted by Crippen LogP contribution is 2.29. The Labute approximate surface area is 204 Å². The molecule has 3 aromatic rings. The molecule has 12 heteroatoms. The SMILES string of the molecule is O=C(O)COc1c(F)cc(SCCN(Cc2ccccn2)S(=O)(=O)c2ccc(Cl)cc2)cc1F. The second kappa shape index (κ2) is 11.6. The minimum absolute atomic E-state index is 0.00293. The number of hydrogen-bond acceptors (Lipinski definition) is 6. The fourth-order valence-corrected chi connectivity index (χ4v) is 5.44. The number of thioether (sulfide) groups is 1. The molecule has 2 aromatic carbocycles. The lowest BCUT2D eigenvalue weighted by Gasteiger charge is -2.22. The summed E-state index contributed by atoms with van der Waals surface area (Å²) in [6.45, 7) is -0.866. The lowest BCUT2D eigenvalue weighted by molar-refractivity contribution is -0.139. The number of benzene rings is 2. The number of aromatic nitrogens is 1. The number of carbonyl (C=O) groups is 1. The highest BCUT2D eigenvalue weighted by molar-refractivity contribution is 7.99. The van der Waals surface area contributed by atoms with Gasteiger partial charge in [-0.25, -0.2) is 22.0 Å². The van der Waals surface area contributed by atoms with Gasteiger partial charge in [-0.05, 0) is 48.5 Å². The standard InChI is InChI=1S/C22H19ClF2N2O5S2/c23-15-4-6-18(7-5-15)34(30,31)27(13-16-3-1-2-8-26-16)9-10-33-17-11-19(24)22(20(25)12-17)32-14-21(28)29/h1-8,11-12H,9-10,13-14H2,(H,28,29). The van der Waals surface area contributed by atoms with Crippen molar-refractivity contribution >= 4 is 39.4 Å². The number of hydrogen-bond donors (Lipinski definition) is 1. The van der Waals surface area contributed by atoms with Crippen LogP contribution in [-0.2, 0) is 21.4 Å². The van der Waals surface area contributed by atoms with E-state index in [0.29, 0.717) is 10.7 Å². The summed E-state index contributed by atoms with van der Waals surface area (Å²) in [5.41, 5.74) is 0.530. The van der Waals surface area contributed by atoms with Crippen molar-refractivity contribution in [3.63, 3.8) is 0 Å². The van der Waals surface area contributed by atoms with Crippen LogP contribution in [-0.4, -0.2) is 47.7 Å². The quantitative estimate of drug-likeness (QED) is 0.367. The lowest BCUT2D eigenvalue weighted by atomic mass is 10.3. The summed E-state index contributed by atoms with van der Waals surface area (Å²) in [6.07, 6.45) is 1.55. The van der Waals surface area contributed by atoms with Crippen LogP contribution in [0.3, 0.4) is 0 Å². The molecule has 1 aromatic heterocycles. The van der Waals surface area contributed by atoms with Crippen LogP contribution < -0.4 is 4.74 Å². The van der Waals surface area contributed by atoms with E-state index < -0.39 is 40.0 Å². The number of pyridine rings is 1. The van der Waals surface area contributed by atoms with E-state index in [1.165, 1.54) is 28.6 Å². The summed E-state index contributed by atoms with van der Waals surface area (Å²) in [7, 11) is -3.91. The zero-order valence-corrected chi connectivity index (χ0v) is 19.9. The molecule has 1 N–H and O–H groups in total. The third kappa shape index (κ3) is 6.89. The molecule has 1 heterocycles. The molecule has 0 atom stereocenters. The van der Waals surface area contributed by atoms with Crippen LogP contribution in [0.1, 0.15) is 5.69 Å². The monoisotopic (exact) mass is 528 g/mol. The first-order valence-electron chi connectivity index (χ1n) is 9.79. The Morgan fingerprint density at radius 1 is 1.12 bits per heavy atom. The molecule has 7 nitrogen and oxygen atoms in total. The molecule has 0 radical (unpaired) electrons. The first kappa shape index (κ1) is 25.9. The first-order chi connectivity index (χ1) is 16.2. The lowest BCUT2D eigenvalue weighted by Crippen LogP contribution is -2.33. The van der Waals surface area contributed by atoms with Crippen molar-refractivity contribution < 1.29 is 31.8 Å². The van der Waals surface area contributed by atoms with Crippen LogP contribution in [0.15, 0.2) is 70.6 Å². The second-order valence-corrected chi connectivity index (χ2v) is 10.4. The maximum Gasteiger partial charge on any atom is 0.341 e. The van der Waals surface area contributed by atoms with Gasteiger partial charge in [0.15, 0.2) is 24.0 Å². The van der Waals surface area contributed by atoms with E-state index in [1.807, 2.05) is 0 Å². The zero-order chi connectivity index (χ0) is 24.7. The largest absolute Gasteiger partial charge is 0.479 e. The fourth-order valence-electron chi connectivity index (χ4n) is 2.87. The van der Waals surface area contributed by atoms with Crippen molar-refractivity contribution in [2.75, 3.05) is 18.9 Å². The third-order valence-corrected chi connectivity index (χ3v) is 7.50. The van der Waals surface area contributed by atoms with Gasteiger partial charge in [0.2, 0.25) is 10.0 Å². The molecular weight excluding hydrogens is 510 g/mol. The van der Waals surface area contributed by atoms with Gasteiger partial charge in [0, 0.05) is 28.4 Å². The van der Waals surface area contributed by atoms with Gasteiger partial charge >= 0.3 is 5.97 Å². The molecular formula is C22H19ClF2N2O5S2. The maximum absolute atomic E-state index is 14.2. The van der Waals surface area contributed by atoms with Crippen LogP contribution >= 0.6 is 23.4 Å². The molecule has 3 rings (SSSR count). The average molecular weight is 529 g/mol. The summed E-state index contributed by atoms with van der Waals surface area (Å²) >= 11 is 6.91. The summed E-state index contributed by atoms with van der Waals surface area (Å²) in [4.78, 5) is 15.0. The molecule has 0 saturated carbocycles. The van der Waals surface area contributed by atoms with Gasteiger partial charge in [0.1, 0.15) is 0 Å². The van der Waals surface area contributed by atoms with Crippen molar-refractivity contribution in [3.8, 4) is 5.75 Å². The van der Waals surface area contributed by atoms with Gasteiger partial charge in [0.05, 0.1) is 17.1 Å². The average Bonchev–Trinajstić information content (AvgIpc) is 2.78. The zero-order valence-electron chi connectivity index (χ0n) is 17.5. The molecule has 180 valence electrons. The summed E-state index contributed by atoms with van der Waals surface area (Å²) < 4.78 is 60.7. The minimum atomic E-state index is -3.91. The van der Waals surface area contributed by atoms with Crippen molar-refractivity contribution in [2.24, 2.45) is 0 Å². The first-order valence-corrected chi connectivity index (χ1v) is 12.6. The molecule has 0 aliphatic carbocycles. The van der Waals surface area contributed by atoms with E-state index in [0.717, 1.165) is 23.9 Å². The van der Waals surface area contributed by atoms with E-state index in [2.05, 4.69) is 9.72 Å². The molecule has 0 aliphatic heterocycles. The van der Waals surface area contributed by atoms with Gasteiger partial charge in [-0.3, -0.25) is 4.98 Å². The van der Waals surface area contributed by atoms with Gasteiger partial charge in [-0.15, -0.1) is 11.8 Å².